The van der Waals surface area contributed by atoms with E-state index in [9.17, 15) is 5.11 Å². The molecule has 15 heavy (non-hydrogen) atoms. The molecule has 1 atom stereocenters. The van der Waals surface area contributed by atoms with Gasteiger partial charge < -0.3 is 10.1 Å². The van der Waals surface area contributed by atoms with Gasteiger partial charge in [0, 0.05) is 0 Å². The molecule has 78 valence electrons. The highest BCUT2D eigenvalue weighted by Gasteiger charge is 2.11. The van der Waals surface area contributed by atoms with E-state index in [1.165, 1.54) is 11.1 Å². The molecule has 0 radical (unpaired) electrons. The van der Waals surface area contributed by atoms with Crippen LogP contribution in [0, 0.1) is 13.8 Å². The summed E-state index contributed by atoms with van der Waals surface area (Å²) in [6, 6.07) is 5.96. The zero-order valence-electron chi connectivity index (χ0n) is 8.86. The maximum absolute atomic E-state index is 10.0. The first-order chi connectivity index (χ1) is 7.18. The Balaban J connectivity index is 2.34. The first-order valence-corrected chi connectivity index (χ1v) is 4.92. The lowest BCUT2D eigenvalue weighted by atomic mass is 10.0. The Morgan fingerprint density at radius 3 is 2.67 bits per heavy atom. The maximum Gasteiger partial charge on any atom is 0.120 e. The highest BCUT2D eigenvalue weighted by atomic mass is 16.3. The van der Waals surface area contributed by atoms with Crippen LogP contribution < -0.4 is 0 Å². The lowest BCUT2D eigenvalue weighted by Crippen LogP contribution is -2.00. The summed E-state index contributed by atoms with van der Waals surface area (Å²) in [6.07, 6.45) is 2.59. The molecule has 0 unspecified atom stereocenters. The summed E-state index contributed by atoms with van der Waals surface area (Å²) < 4.78 is 0. The summed E-state index contributed by atoms with van der Waals surface area (Å²) in [4.78, 5) is 6.80. The zero-order chi connectivity index (χ0) is 10.8. The van der Waals surface area contributed by atoms with Crippen molar-refractivity contribution in [1.29, 1.82) is 0 Å². The van der Waals surface area contributed by atoms with Gasteiger partial charge in [0.05, 0.1) is 18.2 Å². The Morgan fingerprint density at radius 1 is 1.27 bits per heavy atom. The lowest BCUT2D eigenvalue weighted by Gasteiger charge is -2.10. The van der Waals surface area contributed by atoms with Gasteiger partial charge in [-0.25, -0.2) is 4.98 Å². The van der Waals surface area contributed by atoms with Crippen LogP contribution in [0.3, 0.4) is 0 Å². The minimum absolute atomic E-state index is 0.619. The fourth-order valence-corrected chi connectivity index (χ4v) is 1.53. The molecule has 0 bridgehead atoms. The van der Waals surface area contributed by atoms with Crippen LogP contribution in [0.2, 0.25) is 0 Å². The van der Waals surface area contributed by atoms with E-state index in [0.717, 1.165) is 11.3 Å². The molecule has 0 aliphatic heterocycles. The van der Waals surface area contributed by atoms with E-state index in [4.69, 9.17) is 0 Å². The Hall–Kier alpha value is -1.61. The van der Waals surface area contributed by atoms with Gasteiger partial charge in [-0.2, -0.15) is 0 Å². The van der Waals surface area contributed by atoms with Crippen molar-refractivity contribution in [2.75, 3.05) is 0 Å². The third-order valence-electron chi connectivity index (χ3n) is 2.66. The number of aliphatic hydroxyl groups excluding tert-OH is 1. The highest BCUT2D eigenvalue weighted by molar-refractivity contribution is 5.33. The van der Waals surface area contributed by atoms with Crippen molar-refractivity contribution in [3.63, 3.8) is 0 Å². The second kappa shape index (κ2) is 3.87. The Kier molecular flexibility index (Phi) is 2.56. The number of imidazole rings is 1. The summed E-state index contributed by atoms with van der Waals surface area (Å²) in [5.41, 5.74) is 4.03. The van der Waals surface area contributed by atoms with Crippen LogP contribution in [0.25, 0.3) is 0 Å². The predicted octanol–water partition coefficient (Wildman–Crippen LogP) is 2.11. The van der Waals surface area contributed by atoms with E-state index in [0.29, 0.717) is 0 Å². The van der Waals surface area contributed by atoms with Crippen LogP contribution in [-0.2, 0) is 0 Å². The van der Waals surface area contributed by atoms with Gasteiger partial charge in [0.15, 0.2) is 0 Å². The third-order valence-corrected chi connectivity index (χ3v) is 2.66. The van der Waals surface area contributed by atoms with Crippen molar-refractivity contribution in [2.24, 2.45) is 0 Å². The Labute approximate surface area is 88.8 Å². The second-order valence-electron chi connectivity index (χ2n) is 3.75. The average Bonchev–Trinajstić information content (AvgIpc) is 2.74. The molecule has 3 nitrogen and oxygen atoms in total. The summed E-state index contributed by atoms with van der Waals surface area (Å²) >= 11 is 0. The number of hydrogen-bond acceptors (Lipinski definition) is 2. The summed E-state index contributed by atoms with van der Waals surface area (Å²) in [5, 5.41) is 10.0. The number of rotatable bonds is 2. The van der Waals surface area contributed by atoms with Gasteiger partial charge in [-0.1, -0.05) is 18.2 Å². The molecule has 3 heteroatoms. The van der Waals surface area contributed by atoms with Gasteiger partial charge in [-0.05, 0) is 30.5 Å². The molecule has 1 aromatic heterocycles. The van der Waals surface area contributed by atoms with Crippen molar-refractivity contribution in [2.45, 2.75) is 20.0 Å². The van der Waals surface area contributed by atoms with E-state index in [1.807, 2.05) is 25.1 Å². The standard InChI is InChI=1S/C12H14N2O/c1-8-3-4-10(5-9(8)2)12(15)11-6-13-7-14-11/h3-7,12,15H,1-2H3,(H,13,14)/t12-/m1/s1. The van der Waals surface area contributed by atoms with Crippen molar-refractivity contribution >= 4 is 0 Å². The van der Waals surface area contributed by atoms with Gasteiger partial charge in [0.25, 0.3) is 0 Å². The molecule has 2 aromatic rings. The molecule has 0 saturated heterocycles. The molecular weight excluding hydrogens is 188 g/mol. The van der Waals surface area contributed by atoms with E-state index < -0.39 is 6.10 Å². The number of H-pyrrole nitrogens is 1. The Morgan fingerprint density at radius 2 is 2.07 bits per heavy atom. The predicted molar refractivity (Wildman–Crippen MR) is 58.6 cm³/mol. The number of nitrogens with zero attached hydrogens (tertiary/aromatic N) is 1. The van der Waals surface area contributed by atoms with E-state index in [1.54, 1.807) is 12.5 Å². The van der Waals surface area contributed by atoms with Crippen molar-refractivity contribution in [3.05, 3.63) is 53.1 Å². The molecule has 0 amide bonds. The summed E-state index contributed by atoms with van der Waals surface area (Å²) in [7, 11) is 0. The molecule has 0 aliphatic rings. The molecule has 2 N–H and O–H groups in total. The summed E-state index contributed by atoms with van der Waals surface area (Å²) in [6.45, 7) is 4.10. The van der Waals surface area contributed by atoms with Gasteiger partial charge >= 0.3 is 0 Å². The van der Waals surface area contributed by atoms with Crippen molar-refractivity contribution in [1.82, 2.24) is 9.97 Å². The monoisotopic (exact) mass is 202 g/mol. The minimum Gasteiger partial charge on any atom is -0.382 e. The molecule has 0 fully saturated rings. The zero-order valence-corrected chi connectivity index (χ0v) is 8.86. The molecule has 0 spiro atoms. The molecule has 2 rings (SSSR count). The maximum atomic E-state index is 10.0. The molecule has 1 heterocycles. The van der Waals surface area contributed by atoms with Gasteiger partial charge in [-0.3, -0.25) is 0 Å². The number of hydrogen-bond donors (Lipinski definition) is 2. The van der Waals surface area contributed by atoms with Crippen LogP contribution in [0.5, 0.6) is 0 Å². The topological polar surface area (TPSA) is 48.9 Å². The fourth-order valence-electron chi connectivity index (χ4n) is 1.53. The SMILES string of the molecule is Cc1ccc([C@@H](O)c2cnc[nH]2)cc1C. The number of aromatic nitrogens is 2. The van der Waals surface area contributed by atoms with Crippen LogP contribution in [0.1, 0.15) is 28.5 Å². The smallest absolute Gasteiger partial charge is 0.120 e. The van der Waals surface area contributed by atoms with Crippen molar-refractivity contribution < 1.29 is 5.11 Å². The van der Waals surface area contributed by atoms with Crippen LogP contribution in [0.15, 0.2) is 30.7 Å². The first kappa shape index (κ1) is 9.93. The first-order valence-electron chi connectivity index (χ1n) is 4.92. The molecule has 0 aliphatic carbocycles. The van der Waals surface area contributed by atoms with Gasteiger partial charge in [0.1, 0.15) is 6.10 Å². The summed E-state index contributed by atoms with van der Waals surface area (Å²) in [5.74, 6) is 0. The van der Waals surface area contributed by atoms with Crippen LogP contribution >= 0.6 is 0 Å². The number of nitrogens with one attached hydrogen (secondary N) is 1. The molecule has 1 aromatic carbocycles. The highest BCUT2D eigenvalue weighted by Crippen LogP contribution is 2.21. The number of aliphatic hydroxyl groups is 1. The average molecular weight is 202 g/mol. The van der Waals surface area contributed by atoms with Crippen LogP contribution in [0.4, 0.5) is 0 Å². The Bertz CT molecular complexity index is 449. The number of benzene rings is 1. The van der Waals surface area contributed by atoms with Gasteiger partial charge in [0.2, 0.25) is 0 Å². The largest absolute Gasteiger partial charge is 0.382 e. The van der Waals surface area contributed by atoms with Crippen LogP contribution in [-0.4, -0.2) is 15.1 Å². The van der Waals surface area contributed by atoms with E-state index >= 15 is 0 Å². The number of aromatic amines is 1. The normalized spacial score (nSPS) is 12.7. The van der Waals surface area contributed by atoms with Crippen molar-refractivity contribution in [3.8, 4) is 0 Å². The minimum atomic E-state index is -0.619. The molecule has 0 saturated carbocycles. The second-order valence-corrected chi connectivity index (χ2v) is 3.75. The molecular formula is C12H14N2O. The lowest BCUT2D eigenvalue weighted by molar-refractivity contribution is 0.216. The fraction of sp³-hybridized carbons (Fsp3) is 0.250. The van der Waals surface area contributed by atoms with E-state index in [-0.39, 0.29) is 0 Å². The quantitative estimate of drug-likeness (QED) is 0.783. The van der Waals surface area contributed by atoms with Gasteiger partial charge in [-0.15, -0.1) is 0 Å². The third kappa shape index (κ3) is 1.92. The number of aryl methyl sites for hydroxylation is 2. The van der Waals surface area contributed by atoms with E-state index in [2.05, 4.69) is 16.9 Å².